The molecule has 0 saturated carbocycles. The van der Waals surface area contributed by atoms with Gasteiger partial charge in [0, 0.05) is 17.0 Å². The first-order chi connectivity index (χ1) is 8.18. The van der Waals surface area contributed by atoms with Crippen molar-refractivity contribution in [3.63, 3.8) is 0 Å². The second-order valence-corrected chi connectivity index (χ2v) is 6.87. The molecule has 0 fully saturated rings. The van der Waals surface area contributed by atoms with Crippen LogP contribution in [-0.2, 0) is 10.8 Å². The van der Waals surface area contributed by atoms with E-state index in [1.807, 2.05) is 6.20 Å². The average Bonchev–Trinajstić information content (AvgIpc) is 2.25. The zero-order valence-electron chi connectivity index (χ0n) is 12.1. The van der Waals surface area contributed by atoms with E-state index < -0.39 is 0 Å². The molecule has 0 aliphatic rings. The summed E-state index contributed by atoms with van der Waals surface area (Å²) in [7, 11) is 0. The summed E-state index contributed by atoms with van der Waals surface area (Å²) in [6, 6.07) is 4.27. The van der Waals surface area contributed by atoms with E-state index in [9.17, 15) is 0 Å². The Morgan fingerprint density at radius 1 is 0.833 bits per heavy atom. The molecule has 0 aliphatic carbocycles. The van der Waals surface area contributed by atoms with Crippen LogP contribution in [0.3, 0.4) is 0 Å². The van der Waals surface area contributed by atoms with Gasteiger partial charge in [0.1, 0.15) is 0 Å². The van der Waals surface area contributed by atoms with Gasteiger partial charge in [0.2, 0.25) is 0 Å². The average molecular weight is 243 g/mol. The Morgan fingerprint density at radius 3 is 2.06 bits per heavy atom. The Balaban J connectivity index is 2.61. The third-order valence-electron chi connectivity index (χ3n) is 3.07. The quantitative estimate of drug-likeness (QED) is 0.709. The fourth-order valence-electron chi connectivity index (χ4n) is 1.72. The van der Waals surface area contributed by atoms with Crippen molar-refractivity contribution in [2.75, 3.05) is 0 Å². The van der Waals surface area contributed by atoms with Crippen molar-refractivity contribution in [3.8, 4) is 0 Å². The largest absolute Gasteiger partial charge is 0.235 e. The van der Waals surface area contributed by atoms with Gasteiger partial charge < -0.3 is 0 Å². The monoisotopic (exact) mass is 243 g/mol. The van der Waals surface area contributed by atoms with Crippen LogP contribution >= 0.6 is 0 Å². The van der Waals surface area contributed by atoms with Crippen LogP contribution in [0.15, 0.2) is 18.3 Å². The van der Waals surface area contributed by atoms with Crippen molar-refractivity contribution in [1.29, 1.82) is 0 Å². The number of pyridine rings is 1. The summed E-state index contributed by atoms with van der Waals surface area (Å²) in [6.45, 7) is 13.0. The van der Waals surface area contributed by atoms with Gasteiger partial charge in [0.05, 0.1) is 5.69 Å². The van der Waals surface area contributed by atoms with E-state index in [0.717, 1.165) is 16.7 Å². The highest BCUT2D eigenvalue weighted by Crippen LogP contribution is 2.26. The lowest BCUT2D eigenvalue weighted by molar-refractivity contribution is 0.560. The number of fused-ring (bicyclic) bond motifs is 1. The zero-order chi connectivity index (χ0) is 13.6. The molecule has 2 heterocycles. The van der Waals surface area contributed by atoms with Gasteiger partial charge in [-0.1, -0.05) is 41.5 Å². The van der Waals surface area contributed by atoms with E-state index >= 15 is 0 Å². The van der Waals surface area contributed by atoms with Crippen molar-refractivity contribution >= 4 is 11.0 Å². The van der Waals surface area contributed by atoms with Gasteiger partial charge in [-0.2, -0.15) is 5.10 Å². The Labute approximate surface area is 109 Å². The molecular formula is C15H21N3. The Hall–Kier alpha value is -1.51. The molecule has 2 aromatic rings. The summed E-state index contributed by atoms with van der Waals surface area (Å²) in [6.07, 6.45) is 1.90. The van der Waals surface area contributed by atoms with Crippen molar-refractivity contribution < 1.29 is 0 Å². The molecule has 0 saturated heterocycles. The van der Waals surface area contributed by atoms with Crippen molar-refractivity contribution in [3.05, 3.63) is 29.6 Å². The van der Waals surface area contributed by atoms with Gasteiger partial charge in [-0.25, -0.2) is 4.98 Å². The maximum Gasteiger partial charge on any atom is 0.181 e. The number of hydrogen-bond donors (Lipinski definition) is 0. The maximum atomic E-state index is 4.40. The summed E-state index contributed by atoms with van der Waals surface area (Å²) < 4.78 is 0. The molecule has 2 aromatic heterocycles. The molecule has 0 spiro atoms. The van der Waals surface area contributed by atoms with Gasteiger partial charge in [-0.3, -0.25) is 0 Å². The molecule has 0 atom stereocenters. The van der Waals surface area contributed by atoms with Crippen molar-refractivity contribution in [2.24, 2.45) is 0 Å². The molecule has 2 rings (SSSR count). The molecule has 18 heavy (non-hydrogen) atoms. The van der Waals surface area contributed by atoms with Crippen LogP contribution in [0.1, 0.15) is 52.8 Å². The molecule has 3 nitrogen and oxygen atoms in total. The summed E-state index contributed by atoms with van der Waals surface area (Å²) in [5.74, 6) is 0. The van der Waals surface area contributed by atoms with Crippen molar-refractivity contribution in [1.82, 2.24) is 15.2 Å². The lowest BCUT2D eigenvalue weighted by atomic mass is 9.87. The molecule has 0 bridgehead atoms. The van der Waals surface area contributed by atoms with E-state index in [1.54, 1.807) is 0 Å². The Bertz CT molecular complexity index is 526. The van der Waals surface area contributed by atoms with E-state index in [1.165, 1.54) is 5.56 Å². The Kier molecular flexibility index (Phi) is 2.88. The maximum absolute atomic E-state index is 4.40. The second-order valence-electron chi connectivity index (χ2n) is 6.87. The first-order valence-electron chi connectivity index (χ1n) is 6.32. The third kappa shape index (κ3) is 2.50. The normalized spacial score (nSPS) is 13.0. The van der Waals surface area contributed by atoms with E-state index in [4.69, 9.17) is 0 Å². The molecule has 96 valence electrons. The SMILES string of the molecule is CC(C)(C)c1cnc2nnc(C(C)(C)C)cc2c1. The lowest BCUT2D eigenvalue weighted by Crippen LogP contribution is -2.15. The zero-order valence-corrected chi connectivity index (χ0v) is 12.1. The van der Waals surface area contributed by atoms with E-state index in [0.29, 0.717) is 0 Å². The van der Waals surface area contributed by atoms with Crippen LogP contribution in [0, 0.1) is 0 Å². The number of hydrogen-bond acceptors (Lipinski definition) is 3. The predicted octanol–water partition coefficient (Wildman–Crippen LogP) is 3.62. The van der Waals surface area contributed by atoms with Crippen LogP contribution in [0.25, 0.3) is 11.0 Å². The van der Waals surface area contributed by atoms with Crippen LogP contribution in [0.4, 0.5) is 0 Å². The van der Waals surface area contributed by atoms with Crippen molar-refractivity contribution in [2.45, 2.75) is 52.4 Å². The molecule has 0 radical (unpaired) electrons. The van der Waals surface area contributed by atoms with Crippen LogP contribution in [0.2, 0.25) is 0 Å². The van der Waals surface area contributed by atoms with Gasteiger partial charge in [0.25, 0.3) is 0 Å². The van der Waals surface area contributed by atoms with Gasteiger partial charge >= 0.3 is 0 Å². The summed E-state index contributed by atoms with van der Waals surface area (Å²) >= 11 is 0. The molecule has 0 amide bonds. The molecule has 0 N–H and O–H groups in total. The molecule has 3 heteroatoms. The van der Waals surface area contributed by atoms with Crippen LogP contribution in [0.5, 0.6) is 0 Å². The number of aromatic nitrogens is 3. The van der Waals surface area contributed by atoms with E-state index in [2.05, 4.69) is 68.9 Å². The molecule has 0 unspecified atom stereocenters. The fraction of sp³-hybridized carbons (Fsp3) is 0.533. The minimum atomic E-state index is 0.0128. The summed E-state index contributed by atoms with van der Waals surface area (Å²) in [5.41, 5.74) is 3.06. The second kappa shape index (κ2) is 4.01. The highest BCUT2D eigenvalue weighted by molar-refractivity contribution is 5.75. The molecular weight excluding hydrogens is 222 g/mol. The lowest BCUT2D eigenvalue weighted by Gasteiger charge is -2.20. The summed E-state index contributed by atoms with van der Waals surface area (Å²) in [5, 5.41) is 9.54. The van der Waals surface area contributed by atoms with Crippen LogP contribution < -0.4 is 0 Å². The van der Waals surface area contributed by atoms with Gasteiger partial charge in [-0.05, 0) is 23.1 Å². The summed E-state index contributed by atoms with van der Waals surface area (Å²) in [4.78, 5) is 4.40. The molecule has 0 aliphatic heterocycles. The highest BCUT2D eigenvalue weighted by atomic mass is 15.1. The van der Waals surface area contributed by atoms with E-state index in [-0.39, 0.29) is 10.8 Å². The minimum absolute atomic E-state index is 0.0128. The smallest absolute Gasteiger partial charge is 0.181 e. The molecule has 0 aromatic carbocycles. The minimum Gasteiger partial charge on any atom is -0.235 e. The Morgan fingerprint density at radius 2 is 1.50 bits per heavy atom. The standard InChI is InChI=1S/C15H21N3/c1-14(2,3)11-7-10-8-12(15(4,5)6)17-18-13(10)16-9-11/h7-9H,1-6H3. The third-order valence-corrected chi connectivity index (χ3v) is 3.07. The number of rotatable bonds is 0. The fourth-order valence-corrected chi connectivity index (χ4v) is 1.72. The van der Waals surface area contributed by atoms with Gasteiger partial charge in [0.15, 0.2) is 5.65 Å². The first-order valence-corrected chi connectivity index (χ1v) is 6.32. The topological polar surface area (TPSA) is 38.7 Å². The predicted molar refractivity (Wildman–Crippen MR) is 74.7 cm³/mol. The highest BCUT2D eigenvalue weighted by Gasteiger charge is 2.18. The number of nitrogens with zero attached hydrogens (tertiary/aromatic N) is 3. The van der Waals surface area contributed by atoms with Crippen LogP contribution in [-0.4, -0.2) is 15.2 Å². The van der Waals surface area contributed by atoms with Gasteiger partial charge in [-0.15, -0.1) is 5.10 Å². The first kappa shape index (κ1) is 12.9.